The van der Waals surface area contributed by atoms with Crippen LogP contribution in [0.1, 0.15) is 23.5 Å². The lowest BCUT2D eigenvalue weighted by molar-refractivity contribution is 0.302. The van der Waals surface area contributed by atoms with Crippen LogP contribution in [-0.2, 0) is 6.42 Å². The van der Waals surface area contributed by atoms with Crippen LogP contribution in [0.5, 0.6) is 0 Å². The molecule has 80 valence electrons. The van der Waals surface area contributed by atoms with Gasteiger partial charge < -0.3 is 4.90 Å². The van der Waals surface area contributed by atoms with E-state index in [2.05, 4.69) is 45.1 Å². The second-order valence-corrected chi connectivity index (χ2v) is 6.04. The van der Waals surface area contributed by atoms with E-state index in [9.17, 15) is 0 Å². The molecule has 1 aromatic carbocycles. The zero-order chi connectivity index (χ0) is 10.3. The number of likely N-dealkylation sites (tertiary alicyclic amines) is 1. The van der Waals surface area contributed by atoms with Crippen molar-refractivity contribution in [2.24, 2.45) is 0 Å². The molecule has 0 spiro atoms. The van der Waals surface area contributed by atoms with Crippen LogP contribution in [0.2, 0.25) is 0 Å². The third-order valence-electron chi connectivity index (χ3n) is 3.65. The summed E-state index contributed by atoms with van der Waals surface area (Å²) in [7, 11) is 0. The van der Waals surface area contributed by atoms with E-state index in [-0.39, 0.29) is 0 Å². The minimum absolute atomic E-state index is 0.729. The number of alkyl halides is 1. The Morgan fingerprint density at radius 3 is 2.93 bits per heavy atom. The highest BCUT2D eigenvalue weighted by Crippen LogP contribution is 2.36. The van der Waals surface area contributed by atoms with Crippen molar-refractivity contribution in [3.63, 3.8) is 0 Å². The molecule has 0 aromatic heterocycles. The first-order valence-electron chi connectivity index (χ1n) is 5.77. The fraction of sp³-hybridized carbons (Fsp3) is 0.538. The number of rotatable bonds is 2. The lowest BCUT2D eigenvalue weighted by atomic mass is 9.77. The van der Waals surface area contributed by atoms with Gasteiger partial charge in [0.05, 0.1) is 0 Å². The summed E-state index contributed by atoms with van der Waals surface area (Å²) in [6, 6.07) is 8.88. The minimum atomic E-state index is 0.729. The van der Waals surface area contributed by atoms with E-state index < -0.39 is 0 Å². The van der Waals surface area contributed by atoms with Crippen molar-refractivity contribution in [1.82, 2.24) is 4.90 Å². The zero-order valence-corrected chi connectivity index (χ0v) is 10.4. The lowest BCUT2D eigenvalue weighted by Crippen LogP contribution is -2.32. The third kappa shape index (κ3) is 1.85. The number of hydrogen-bond acceptors (Lipinski definition) is 1. The van der Waals surface area contributed by atoms with Crippen molar-refractivity contribution in [3.05, 3.63) is 35.4 Å². The SMILES string of the molecule is BrC1CCN(CC2Cc3ccccc32)C1. The van der Waals surface area contributed by atoms with E-state index in [4.69, 9.17) is 0 Å². The Labute approximate surface area is 99.6 Å². The monoisotopic (exact) mass is 265 g/mol. The molecule has 2 aliphatic rings. The molecule has 15 heavy (non-hydrogen) atoms. The highest BCUT2D eigenvalue weighted by Gasteiger charge is 2.29. The van der Waals surface area contributed by atoms with Crippen molar-refractivity contribution < 1.29 is 0 Å². The summed E-state index contributed by atoms with van der Waals surface area (Å²) in [6.07, 6.45) is 2.61. The molecule has 1 nitrogen and oxygen atoms in total. The Morgan fingerprint density at radius 2 is 2.20 bits per heavy atom. The van der Waals surface area contributed by atoms with Gasteiger partial charge in [-0.05, 0) is 30.5 Å². The largest absolute Gasteiger partial charge is 0.302 e. The van der Waals surface area contributed by atoms with Crippen LogP contribution in [0.25, 0.3) is 0 Å². The average Bonchev–Trinajstić information content (AvgIpc) is 2.61. The van der Waals surface area contributed by atoms with Crippen LogP contribution in [0.3, 0.4) is 0 Å². The van der Waals surface area contributed by atoms with Gasteiger partial charge in [0, 0.05) is 23.8 Å². The lowest BCUT2D eigenvalue weighted by Gasteiger charge is -2.33. The predicted molar refractivity (Wildman–Crippen MR) is 66.7 cm³/mol. The summed E-state index contributed by atoms with van der Waals surface area (Å²) in [5, 5.41) is 0. The summed E-state index contributed by atoms with van der Waals surface area (Å²) >= 11 is 3.70. The van der Waals surface area contributed by atoms with Gasteiger partial charge >= 0.3 is 0 Å². The zero-order valence-electron chi connectivity index (χ0n) is 8.82. The van der Waals surface area contributed by atoms with Gasteiger partial charge in [0.25, 0.3) is 0 Å². The predicted octanol–water partition coefficient (Wildman–Crippen LogP) is 2.80. The van der Waals surface area contributed by atoms with E-state index >= 15 is 0 Å². The van der Waals surface area contributed by atoms with Crippen LogP contribution in [0.4, 0.5) is 0 Å². The first kappa shape index (κ1) is 9.86. The maximum Gasteiger partial charge on any atom is 0.0285 e. The number of halogens is 1. The second-order valence-electron chi connectivity index (χ2n) is 4.75. The number of benzene rings is 1. The van der Waals surface area contributed by atoms with Crippen molar-refractivity contribution >= 4 is 15.9 Å². The molecule has 1 heterocycles. The summed E-state index contributed by atoms with van der Waals surface area (Å²) in [6.45, 7) is 3.77. The maximum atomic E-state index is 3.70. The summed E-state index contributed by atoms with van der Waals surface area (Å²) in [5.74, 6) is 0.805. The van der Waals surface area contributed by atoms with Crippen LogP contribution in [0.15, 0.2) is 24.3 Å². The maximum absolute atomic E-state index is 3.70. The fourth-order valence-corrected chi connectivity index (χ4v) is 3.40. The van der Waals surface area contributed by atoms with Crippen molar-refractivity contribution in [2.45, 2.75) is 23.6 Å². The van der Waals surface area contributed by atoms with Crippen LogP contribution in [-0.4, -0.2) is 29.4 Å². The third-order valence-corrected chi connectivity index (χ3v) is 4.40. The molecule has 0 bridgehead atoms. The van der Waals surface area contributed by atoms with Gasteiger partial charge in [-0.1, -0.05) is 40.2 Å². The normalized spacial score (nSPS) is 29.9. The molecule has 2 unspecified atom stereocenters. The first-order chi connectivity index (χ1) is 7.33. The highest BCUT2D eigenvalue weighted by atomic mass is 79.9. The van der Waals surface area contributed by atoms with Crippen molar-refractivity contribution in [1.29, 1.82) is 0 Å². The molecule has 2 atom stereocenters. The molecule has 2 heteroatoms. The quantitative estimate of drug-likeness (QED) is 0.744. The molecular formula is C13H16BrN. The van der Waals surface area contributed by atoms with Crippen molar-refractivity contribution in [2.75, 3.05) is 19.6 Å². The summed E-state index contributed by atoms with van der Waals surface area (Å²) < 4.78 is 0. The molecule has 0 amide bonds. The van der Waals surface area contributed by atoms with Gasteiger partial charge in [-0.15, -0.1) is 0 Å². The van der Waals surface area contributed by atoms with E-state index in [1.807, 2.05) is 0 Å². The first-order valence-corrected chi connectivity index (χ1v) is 6.69. The van der Waals surface area contributed by atoms with Gasteiger partial charge in [-0.3, -0.25) is 0 Å². The van der Waals surface area contributed by atoms with Crippen LogP contribution >= 0.6 is 15.9 Å². The Morgan fingerprint density at radius 1 is 1.33 bits per heavy atom. The molecule has 0 N–H and O–H groups in total. The molecule has 1 saturated heterocycles. The molecule has 1 aliphatic carbocycles. The molecule has 1 fully saturated rings. The smallest absolute Gasteiger partial charge is 0.0285 e. The molecule has 0 radical (unpaired) electrons. The second kappa shape index (κ2) is 3.91. The van der Waals surface area contributed by atoms with Crippen molar-refractivity contribution in [3.8, 4) is 0 Å². The van der Waals surface area contributed by atoms with Gasteiger partial charge in [0.2, 0.25) is 0 Å². The minimum Gasteiger partial charge on any atom is -0.302 e. The van der Waals surface area contributed by atoms with Crippen LogP contribution < -0.4 is 0 Å². The van der Waals surface area contributed by atoms with E-state index in [0.29, 0.717) is 0 Å². The van der Waals surface area contributed by atoms with E-state index in [1.165, 1.54) is 32.5 Å². The Kier molecular flexibility index (Phi) is 2.57. The van der Waals surface area contributed by atoms with Gasteiger partial charge in [-0.25, -0.2) is 0 Å². The number of hydrogen-bond donors (Lipinski definition) is 0. The molecule has 0 saturated carbocycles. The topological polar surface area (TPSA) is 3.24 Å². The molecule has 3 rings (SSSR count). The highest BCUT2D eigenvalue weighted by molar-refractivity contribution is 9.09. The molecule has 1 aromatic rings. The van der Waals surface area contributed by atoms with E-state index in [1.54, 1.807) is 11.1 Å². The van der Waals surface area contributed by atoms with Gasteiger partial charge in [-0.2, -0.15) is 0 Å². The molecule has 1 aliphatic heterocycles. The Bertz CT molecular complexity index is 363. The fourth-order valence-electron chi connectivity index (χ4n) is 2.79. The summed E-state index contributed by atoms with van der Waals surface area (Å²) in [4.78, 5) is 3.33. The Balaban J connectivity index is 1.63. The number of nitrogens with zero attached hydrogens (tertiary/aromatic N) is 1. The Hall–Kier alpha value is -0.340. The average molecular weight is 266 g/mol. The standard InChI is InChI=1S/C13H16BrN/c14-12-5-6-15(9-12)8-11-7-10-3-1-2-4-13(10)11/h1-4,11-12H,5-9H2. The summed E-state index contributed by atoms with van der Waals surface area (Å²) in [5.41, 5.74) is 3.16. The van der Waals surface area contributed by atoms with Crippen LogP contribution in [0, 0.1) is 0 Å². The van der Waals surface area contributed by atoms with Gasteiger partial charge in [0.15, 0.2) is 0 Å². The molecular weight excluding hydrogens is 250 g/mol. The van der Waals surface area contributed by atoms with E-state index in [0.717, 1.165) is 10.7 Å². The number of fused-ring (bicyclic) bond motifs is 1. The van der Waals surface area contributed by atoms with Gasteiger partial charge in [0.1, 0.15) is 0 Å².